The minimum absolute atomic E-state index is 0. The van der Waals surface area contributed by atoms with Gasteiger partial charge in [-0.25, -0.2) is 0 Å². The number of nitrogens with zero attached hydrogens (tertiary/aromatic N) is 5. The summed E-state index contributed by atoms with van der Waals surface area (Å²) in [6, 6.07) is 11.9. The molecule has 0 amide bonds. The van der Waals surface area contributed by atoms with Crippen molar-refractivity contribution >= 4 is 29.9 Å². The smallest absolute Gasteiger partial charge is 0.191 e. The number of guanidine groups is 1. The van der Waals surface area contributed by atoms with E-state index >= 15 is 0 Å². The molecule has 1 saturated heterocycles. The summed E-state index contributed by atoms with van der Waals surface area (Å²) in [4.78, 5) is 9.24. The molecule has 0 bridgehead atoms. The van der Waals surface area contributed by atoms with Crippen LogP contribution in [0.3, 0.4) is 0 Å². The molecule has 8 heteroatoms. The Labute approximate surface area is 204 Å². The largest absolute Gasteiger partial charge is 0.354 e. The molecule has 1 aliphatic rings. The van der Waals surface area contributed by atoms with Crippen LogP contribution in [0.15, 0.2) is 47.7 Å². The number of hydrogen-bond donors (Lipinski definition) is 2. The lowest BCUT2D eigenvalue weighted by atomic mass is 10.0. The molecular weight excluding hydrogens is 501 g/mol. The summed E-state index contributed by atoms with van der Waals surface area (Å²) in [5.74, 6) is 0.875. The van der Waals surface area contributed by atoms with Gasteiger partial charge >= 0.3 is 0 Å². The van der Waals surface area contributed by atoms with Gasteiger partial charge in [0.15, 0.2) is 5.96 Å². The molecule has 2 unspecified atom stereocenters. The van der Waals surface area contributed by atoms with E-state index in [1.165, 1.54) is 11.1 Å². The van der Waals surface area contributed by atoms with Gasteiger partial charge in [0.05, 0.1) is 12.2 Å². The van der Waals surface area contributed by atoms with Crippen molar-refractivity contribution in [1.29, 1.82) is 0 Å². The van der Waals surface area contributed by atoms with Gasteiger partial charge in [0.1, 0.15) is 0 Å². The van der Waals surface area contributed by atoms with Crippen LogP contribution in [-0.4, -0.2) is 72.4 Å². The highest BCUT2D eigenvalue weighted by Crippen LogP contribution is 2.24. The van der Waals surface area contributed by atoms with Gasteiger partial charge in [0.2, 0.25) is 0 Å². The highest BCUT2D eigenvalue weighted by Gasteiger charge is 2.24. The molecule has 0 saturated carbocycles. The van der Waals surface area contributed by atoms with E-state index in [9.17, 15) is 0 Å². The second-order valence-electron chi connectivity index (χ2n) is 8.42. The van der Waals surface area contributed by atoms with E-state index in [1.807, 2.05) is 25.0 Å². The lowest BCUT2D eigenvalue weighted by Crippen LogP contribution is -2.50. The molecular formula is C23H38IN7. The molecule has 31 heavy (non-hydrogen) atoms. The number of piperidine rings is 1. The van der Waals surface area contributed by atoms with Crippen molar-refractivity contribution in [2.75, 3.05) is 40.8 Å². The monoisotopic (exact) mass is 539 g/mol. The summed E-state index contributed by atoms with van der Waals surface area (Å²) >= 11 is 0. The average Bonchev–Trinajstić information content (AvgIpc) is 3.19. The molecule has 1 aromatic carbocycles. The van der Waals surface area contributed by atoms with Gasteiger partial charge in [0.25, 0.3) is 0 Å². The van der Waals surface area contributed by atoms with Gasteiger partial charge in [-0.15, -0.1) is 24.0 Å². The summed E-state index contributed by atoms with van der Waals surface area (Å²) < 4.78 is 1.85. The van der Waals surface area contributed by atoms with E-state index in [2.05, 4.69) is 88.1 Å². The zero-order valence-electron chi connectivity index (χ0n) is 19.5. The minimum Gasteiger partial charge on any atom is -0.354 e. The van der Waals surface area contributed by atoms with Crippen LogP contribution in [0.4, 0.5) is 0 Å². The molecule has 2 aromatic rings. The van der Waals surface area contributed by atoms with E-state index in [4.69, 9.17) is 0 Å². The number of aromatic nitrogens is 2. The zero-order valence-corrected chi connectivity index (χ0v) is 21.8. The number of hydrogen-bond acceptors (Lipinski definition) is 4. The second kappa shape index (κ2) is 12.4. The lowest BCUT2D eigenvalue weighted by Gasteiger charge is -2.37. The van der Waals surface area contributed by atoms with Crippen molar-refractivity contribution in [3.63, 3.8) is 0 Å². The van der Waals surface area contributed by atoms with Gasteiger partial charge in [-0.2, -0.15) is 5.10 Å². The summed E-state index contributed by atoms with van der Waals surface area (Å²) in [6.07, 6.45) is 6.26. The van der Waals surface area contributed by atoms with E-state index in [0.717, 1.165) is 38.4 Å². The normalized spacial score (nSPS) is 17.8. The average molecular weight is 540 g/mol. The van der Waals surface area contributed by atoms with Crippen molar-refractivity contribution in [2.45, 2.75) is 37.9 Å². The molecule has 172 valence electrons. The summed E-state index contributed by atoms with van der Waals surface area (Å²) in [7, 11) is 7.99. The number of halogens is 1. The predicted molar refractivity (Wildman–Crippen MR) is 139 cm³/mol. The third kappa shape index (κ3) is 7.18. The Bertz CT molecular complexity index is 797. The number of nitrogens with one attached hydrogen (secondary N) is 2. The maximum Gasteiger partial charge on any atom is 0.191 e. The minimum atomic E-state index is 0. The highest BCUT2D eigenvalue weighted by molar-refractivity contribution is 14.0. The number of likely N-dealkylation sites (tertiary alicyclic amines) is 1. The van der Waals surface area contributed by atoms with E-state index in [1.54, 1.807) is 0 Å². The quantitative estimate of drug-likeness (QED) is 0.322. The van der Waals surface area contributed by atoms with Gasteiger partial charge in [-0.05, 0) is 39.4 Å². The molecule has 7 nitrogen and oxygen atoms in total. The molecule has 0 radical (unpaired) electrons. The first kappa shape index (κ1) is 25.6. The number of likely N-dealkylation sites (N-methyl/N-ethyl adjacent to an activating group) is 1. The molecule has 0 spiro atoms. The number of benzene rings is 1. The molecule has 1 aromatic heterocycles. The first-order valence-electron chi connectivity index (χ1n) is 10.9. The lowest BCUT2D eigenvalue weighted by molar-refractivity contribution is 0.158. The Balaban J connectivity index is 0.00000341. The first-order chi connectivity index (χ1) is 14.5. The Kier molecular flexibility index (Phi) is 10.2. The molecule has 0 aliphatic carbocycles. The number of rotatable bonds is 7. The van der Waals surface area contributed by atoms with Crippen molar-refractivity contribution in [3.05, 3.63) is 53.9 Å². The summed E-state index contributed by atoms with van der Waals surface area (Å²) in [6.45, 7) is 5.28. The van der Waals surface area contributed by atoms with E-state index < -0.39 is 0 Å². The van der Waals surface area contributed by atoms with Crippen molar-refractivity contribution < 1.29 is 0 Å². The third-order valence-corrected chi connectivity index (χ3v) is 6.12. The summed E-state index contributed by atoms with van der Waals surface area (Å²) in [5, 5.41) is 11.5. The van der Waals surface area contributed by atoms with Crippen LogP contribution in [-0.2, 0) is 7.05 Å². The van der Waals surface area contributed by atoms with Crippen LogP contribution in [0.5, 0.6) is 0 Å². The van der Waals surface area contributed by atoms with E-state index in [0.29, 0.717) is 12.1 Å². The second-order valence-corrected chi connectivity index (χ2v) is 8.42. The molecule has 1 aliphatic heterocycles. The van der Waals surface area contributed by atoms with Crippen LogP contribution in [0.25, 0.3) is 0 Å². The maximum absolute atomic E-state index is 4.46. The van der Waals surface area contributed by atoms with Gasteiger partial charge in [-0.3, -0.25) is 14.6 Å². The molecule has 3 rings (SSSR count). The SMILES string of the molecule is CN=C(NCC(c1cnn(C)c1)N(C)C)NC1CCN(C(C)c2ccccc2)CC1.I. The van der Waals surface area contributed by atoms with Gasteiger partial charge < -0.3 is 15.5 Å². The van der Waals surface area contributed by atoms with Gasteiger partial charge in [-0.1, -0.05) is 30.3 Å². The molecule has 2 atom stereocenters. The Morgan fingerprint density at radius 2 is 1.87 bits per heavy atom. The molecule has 1 fully saturated rings. The fourth-order valence-corrected chi connectivity index (χ4v) is 4.17. The van der Waals surface area contributed by atoms with E-state index in [-0.39, 0.29) is 30.0 Å². The standard InChI is InChI=1S/C23H37N7.HI/c1-18(19-9-7-6-8-10-19)30-13-11-21(12-14-30)27-23(24-2)25-16-22(28(3)4)20-15-26-29(5)17-20;/h6-10,15,17-18,21-22H,11-14,16H2,1-5H3,(H2,24,25,27);1H. The van der Waals surface area contributed by atoms with Crippen LogP contribution in [0, 0.1) is 0 Å². The van der Waals surface area contributed by atoms with Crippen molar-refractivity contribution in [2.24, 2.45) is 12.0 Å². The predicted octanol–water partition coefficient (Wildman–Crippen LogP) is 3.03. The first-order valence-corrected chi connectivity index (χ1v) is 10.9. The van der Waals surface area contributed by atoms with Crippen LogP contribution < -0.4 is 10.6 Å². The number of aliphatic imine (C=N–C) groups is 1. The van der Waals surface area contributed by atoms with Crippen LogP contribution in [0.2, 0.25) is 0 Å². The van der Waals surface area contributed by atoms with Crippen LogP contribution >= 0.6 is 24.0 Å². The topological polar surface area (TPSA) is 60.7 Å². The summed E-state index contributed by atoms with van der Waals surface area (Å²) in [5.41, 5.74) is 2.60. The zero-order chi connectivity index (χ0) is 21.5. The fourth-order valence-electron chi connectivity index (χ4n) is 4.17. The van der Waals surface area contributed by atoms with Crippen LogP contribution in [0.1, 0.15) is 43.0 Å². The Hall–Kier alpha value is -1.65. The molecule has 2 N–H and O–H groups in total. The third-order valence-electron chi connectivity index (χ3n) is 6.12. The highest BCUT2D eigenvalue weighted by atomic mass is 127. The molecule has 2 heterocycles. The Morgan fingerprint density at radius 3 is 2.42 bits per heavy atom. The van der Waals surface area contributed by atoms with Crippen molar-refractivity contribution in [3.8, 4) is 0 Å². The van der Waals surface area contributed by atoms with Crippen molar-refractivity contribution in [1.82, 2.24) is 30.2 Å². The maximum atomic E-state index is 4.46. The number of aryl methyl sites for hydroxylation is 1. The Morgan fingerprint density at radius 1 is 1.19 bits per heavy atom. The fraction of sp³-hybridized carbons (Fsp3) is 0.565. The van der Waals surface area contributed by atoms with Gasteiger partial charge in [0, 0.05) is 57.6 Å².